The Morgan fingerprint density at radius 3 is 2.27 bits per heavy atom. The number of sulfonamides is 1. The molecule has 0 aromatic heterocycles. The summed E-state index contributed by atoms with van der Waals surface area (Å²) in [5.74, 6) is 0.428. The lowest BCUT2D eigenvalue weighted by atomic mass is 10.3. The highest BCUT2D eigenvalue weighted by Gasteiger charge is 2.10. The van der Waals surface area contributed by atoms with Gasteiger partial charge in [0.05, 0.1) is 5.75 Å². The van der Waals surface area contributed by atoms with Crippen molar-refractivity contribution in [2.45, 2.75) is 27.2 Å². The molecule has 68 valence electrons. The molecule has 0 amide bonds. The molecule has 0 aromatic rings. The minimum atomic E-state index is -2.99. The first-order valence-corrected chi connectivity index (χ1v) is 5.60. The molecule has 11 heavy (non-hydrogen) atoms. The van der Waals surface area contributed by atoms with E-state index in [0.29, 0.717) is 6.54 Å². The molecule has 0 aliphatic heterocycles. The van der Waals surface area contributed by atoms with Crippen LogP contribution in [0, 0.1) is 5.92 Å². The summed E-state index contributed by atoms with van der Waals surface area (Å²) in [6.45, 7) is 6.28. The van der Waals surface area contributed by atoms with Crippen molar-refractivity contribution in [3.63, 3.8) is 0 Å². The molecule has 4 heteroatoms. The average molecular weight is 179 g/mol. The molecule has 0 radical (unpaired) electrons. The molecule has 0 fully saturated rings. The van der Waals surface area contributed by atoms with E-state index in [0.717, 1.165) is 6.42 Å². The molecule has 0 atom stereocenters. The van der Waals surface area contributed by atoms with E-state index >= 15 is 0 Å². The van der Waals surface area contributed by atoms with Gasteiger partial charge in [-0.2, -0.15) is 0 Å². The van der Waals surface area contributed by atoms with Crippen LogP contribution in [-0.2, 0) is 10.0 Å². The van der Waals surface area contributed by atoms with E-state index in [1.165, 1.54) is 0 Å². The lowest BCUT2D eigenvalue weighted by molar-refractivity contribution is 0.567. The van der Waals surface area contributed by atoms with Gasteiger partial charge in [0.15, 0.2) is 0 Å². The quantitative estimate of drug-likeness (QED) is 0.683. The van der Waals surface area contributed by atoms with Crippen LogP contribution in [0.25, 0.3) is 0 Å². The van der Waals surface area contributed by atoms with Gasteiger partial charge in [-0.3, -0.25) is 0 Å². The average Bonchev–Trinajstić information content (AvgIpc) is 1.81. The highest BCUT2D eigenvalue weighted by molar-refractivity contribution is 7.89. The molecule has 0 heterocycles. The largest absolute Gasteiger partial charge is 0.215 e. The zero-order valence-corrected chi connectivity index (χ0v) is 8.24. The normalized spacial score (nSPS) is 12.4. The Morgan fingerprint density at radius 1 is 1.36 bits per heavy atom. The van der Waals surface area contributed by atoms with E-state index in [2.05, 4.69) is 4.72 Å². The first kappa shape index (κ1) is 10.9. The van der Waals surface area contributed by atoms with Gasteiger partial charge in [-0.1, -0.05) is 20.8 Å². The number of nitrogens with one attached hydrogen (secondary N) is 1. The van der Waals surface area contributed by atoms with E-state index in [1.807, 2.05) is 20.8 Å². The van der Waals surface area contributed by atoms with Gasteiger partial charge >= 0.3 is 0 Å². The Labute approximate surface area is 69.2 Å². The van der Waals surface area contributed by atoms with Crippen LogP contribution in [0.5, 0.6) is 0 Å². The number of rotatable bonds is 5. The molecule has 0 spiro atoms. The highest BCUT2D eigenvalue weighted by atomic mass is 32.2. The molecule has 0 saturated heterocycles. The van der Waals surface area contributed by atoms with Gasteiger partial charge in [0.25, 0.3) is 0 Å². The van der Waals surface area contributed by atoms with Crippen LogP contribution >= 0.6 is 0 Å². The minimum absolute atomic E-state index is 0.198. The van der Waals surface area contributed by atoms with Crippen molar-refractivity contribution in [3.05, 3.63) is 0 Å². The first-order chi connectivity index (χ1) is 4.98. The molecule has 0 aliphatic carbocycles. The van der Waals surface area contributed by atoms with E-state index in [4.69, 9.17) is 0 Å². The second-order valence-electron chi connectivity index (χ2n) is 3.07. The second-order valence-corrected chi connectivity index (χ2v) is 4.92. The van der Waals surface area contributed by atoms with Crippen molar-refractivity contribution in [1.29, 1.82) is 0 Å². The van der Waals surface area contributed by atoms with Gasteiger partial charge < -0.3 is 0 Å². The van der Waals surface area contributed by atoms with Gasteiger partial charge in [0, 0.05) is 6.54 Å². The highest BCUT2D eigenvalue weighted by Crippen LogP contribution is 1.96. The number of hydrogen-bond donors (Lipinski definition) is 1. The Hall–Kier alpha value is -0.0900. The summed E-state index contributed by atoms with van der Waals surface area (Å²) in [4.78, 5) is 0. The van der Waals surface area contributed by atoms with Crippen LogP contribution in [-0.4, -0.2) is 20.7 Å². The van der Waals surface area contributed by atoms with Crippen LogP contribution < -0.4 is 4.72 Å². The zero-order chi connectivity index (χ0) is 8.91. The molecule has 1 N–H and O–H groups in total. The van der Waals surface area contributed by atoms with Crippen molar-refractivity contribution in [3.8, 4) is 0 Å². The Morgan fingerprint density at radius 2 is 1.91 bits per heavy atom. The fourth-order valence-electron chi connectivity index (χ4n) is 0.755. The third kappa shape index (κ3) is 6.31. The lowest BCUT2D eigenvalue weighted by Gasteiger charge is -2.06. The minimum Gasteiger partial charge on any atom is -0.215 e. The van der Waals surface area contributed by atoms with Crippen LogP contribution in [0.3, 0.4) is 0 Å². The first-order valence-electron chi connectivity index (χ1n) is 3.95. The smallest absolute Gasteiger partial charge is 0.211 e. The van der Waals surface area contributed by atoms with Crippen molar-refractivity contribution < 1.29 is 8.42 Å². The van der Waals surface area contributed by atoms with E-state index in [-0.39, 0.29) is 11.7 Å². The fraction of sp³-hybridized carbons (Fsp3) is 1.00. The van der Waals surface area contributed by atoms with Crippen molar-refractivity contribution in [1.82, 2.24) is 4.72 Å². The zero-order valence-electron chi connectivity index (χ0n) is 7.42. The molecular formula is C7H17NO2S. The van der Waals surface area contributed by atoms with Crippen LogP contribution in [0.2, 0.25) is 0 Å². The van der Waals surface area contributed by atoms with Gasteiger partial charge in [-0.15, -0.1) is 0 Å². The predicted molar refractivity (Wildman–Crippen MR) is 46.9 cm³/mol. The molecule has 0 rings (SSSR count). The SMILES string of the molecule is CCCNS(=O)(=O)CC(C)C. The third-order valence-electron chi connectivity index (χ3n) is 1.12. The van der Waals surface area contributed by atoms with Crippen LogP contribution in [0.15, 0.2) is 0 Å². The van der Waals surface area contributed by atoms with Crippen molar-refractivity contribution in [2.24, 2.45) is 5.92 Å². The van der Waals surface area contributed by atoms with Gasteiger partial charge in [-0.05, 0) is 12.3 Å². The van der Waals surface area contributed by atoms with Gasteiger partial charge in [0.1, 0.15) is 0 Å². The summed E-state index contributed by atoms with van der Waals surface area (Å²) in [6.07, 6.45) is 0.845. The molecule has 3 nitrogen and oxygen atoms in total. The Balaban J connectivity index is 3.82. The Bertz CT molecular complexity index is 185. The summed E-state index contributed by atoms with van der Waals surface area (Å²) in [5, 5.41) is 0. The molecule has 0 unspecified atom stereocenters. The molecular weight excluding hydrogens is 162 g/mol. The maximum absolute atomic E-state index is 11.1. The lowest BCUT2D eigenvalue weighted by Crippen LogP contribution is -2.28. The summed E-state index contributed by atoms with van der Waals surface area (Å²) in [7, 11) is -2.99. The van der Waals surface area contributed by atoms with Crippen LogP contribution in [0.1, 0.15) is 27.2 Å². The van der Waals surface area contributed by atoms with E-state index in [1.54, 1.807) is 0 Å². The predicted octanol–water partition coefficient (Wildman–Crippen LogP) is 0.972. The molecule has 0 aliphatic rings. The van der Waals surface area contributed by atoms with Gasteiger partial charge in [-0.25, -0.2) is 13.1 Å². The summed E-state index contributed by atoms with van der Waals surface area (Å²) in [6, 6.07) is 0. The molecule has 0 aromatic carbocycles. The van der Waals surface area contributed by atoms with Crippen molar-refractivity contribution >= 4 is 10.0 Å². The summed E-state index contributed by atoms with van der Waals surface area (Å²) in [5.41, 5.74) is 0. The summed E-state index contributed by atoms with van der Waals surface area (Å²) >= 11 is 0. The Kier molecular flexibility index (Phi) is 4.68. The number of hydrogen-bond acceptors (Lipinski definition) is 2. The topological polar surface area (TPSA) is 46.2 Å². The van der Waals surface area contributed by atoms with E-state index < -0.39 is 10.0 Å². The third-order valence-corrected chi connectivity index (χ3v) is 2.87. The summed E-state index contributed by atoms with van der Waals surface area (Å²) < 4.78 is 24.7. The monoisotopic (exact) mass is 179 g/mol. The maximum Gasteiger partial charge on any atom is 0.211 e. The van der Waals surface area contributed by atoms with E-state index in [9.17, 15) is 8.42 Å². The molecule has 0 bridgehead atoms. The second kappa shape index (κ2) is 4.72. The van der Waals surface area contributed by atoms with Crippen molar-refractivity contribution in [2.75, 3.05) is 12.3 Å². The fourth-order valence-corrected chi connectivity index (χ4v) is 2.27. The standard InChI is InChI=1S/C7H17NO2S/c1-4-5-8-11(9,10)6-7(2)3/h7-8H,4-6H2,1-3H3. The van der Waals surface area contributed by atoms with Gasteiger partial charge in [0.2, 0.25) is 10.0 Å². The van der Waals surface area contributed by atoms with Crippen LogP contribution in [0.4, 0.5) is 0 Å². The molecule has 0 saturated carbocycles. The maximum atomic E-state index is 11.1.